The van der Waals surface area contributed by atoms with Gasteiger partial charge in [-0.3, -0.25) is 0 Å². The summed E-state index contributed by atoms with van der Waals surface area (Å²) >= 11 is 3.18. The van der Waals surface area contributed by atoms with Crippen LogP contribution in [0.2, 0.25) is 0 Å². The molecule has 0 aromatic heterocycles. The molecular weight excluding hydrogens is 295 g/mol. The van der Waals surface area contributed by atoms with Crippen LogP contribution >= 0.6 is 15.9 Å². The fraction of sp³-hybridized carbons (Fsp3) is 0.500. The van der Waals surface area contributed by atoms with Crippen LogP contribution in [0.5, 0.6) is 0 Å². The fourth-order valence-electron chi connectivity index (χ4n) is 3.30. The zero-order valence-corrected chi connectivity index (χ0v) is 11.6. The molecule has 1 aliphatic carbocycles. The van der Waals surface area contributed by atoms with Gasteiger partial charge < -0.3 is 4.90 Å². The number of halogens is 2. The van der Waals surface area contributed by atoms with E-state index >= 15 is 0 Å². The Morgan fingerprint density at radius 3 is 2.56 bits per heavy atom. The first-order chi connectivity index (χ1) is 8.70. The first kappa shape index (κ1) is 12.0. The number of fused-ring (bicyclic) bond motifs is 1. The highest BCUT2D eigenvalue weighted by molar-refractivity contribution is 9.10. The molecule has 2 nitrogen and oxygen atoms in total. The summed E-state index contributed by atoms with van der Waals surface area (Å²) < 4.78 is 14.5. The molecule has 1 saturated heterocycles. The molecule has 18 heavy (non-hydrogen) atoms. The molecule has 2 atom stereocenters. The van der Waals surface area contributed by atoms with E-state index in [0.717, 1.165) is 24.9 Å². The predicted octanol–water partition coefficient (Wildman–Crippen LogP) is 3.70. The van der Waals surface area contributed by atoms with E-state index in [1.54, 1.807) is 12.1 Å². The summed E-state index contributed by atoms with van der Waals surface area (Å²) in [5.74, 6) is 1.17. The van der Waals surface area contributed by atoms with Gasteiger partial charge in [-0.05, 0) is 52.7 Å². The fourth-order valence-corrected chi connectivity index (χ4v) is 3.73. The Bertz CT molecular complexity index is 511. The second-order valence-electron chi connectivity index (χ2n) is 5.23. The minimum Gasteiger partial charge on any atom is -0.369 e. The van der Waals surface area contributed by atoms with Crippen LogP contribution < -0.4 is 4.90 Å². The highest BCUT2D eigenvalue weighted by Gasteiger charge is 2.37. The van der Waals surface area contributed by atoms with Crippen LogP contribution in [-0.2, 0) is 0 Å². The second-order valence-corrected chi connectivity index (χ2v) is 6.02. The molecule has 1 saturated carbocycles. The molecule has 4 heteroatoms. The molecule has 0 amide bonds. The minimum atomic E-state index is -0.297. The van der Waals surface area contributed by atoms with Crippen molar-refractivity contribution in [3.63, 3.8) is 0 Å². The van der Waals surface area contributed by atoms with Crippen molar-refractivity contribution in [1.82, 2.24) is 0 Å². The summed E-state index contributed by atoms with van der Waals surface area (Å²) in [6.45, 7) is 1.92. The number of nitriles is 1. The standard InChI is InChI=1S/C14H14BrFN2/c15-13-9(6-17)4-5-12(14(13)16)18-7-10-2-1-3-11(10)8-18/h4-5,10-11H,1-3,7-8H2. The number of hydrogen-bond acceptors (Lipinski definition) is 2. The van der Waals surface area contributed by atoms with Gasteiger partial charge in [-0.15, -0.1) is 0 Å². The Morgan fingerprint density at radius 2 is 1.94 bits per heavy atom. The Labute approximate surface area is 115 Å². The van der Waals surface area contributed by atoms with E-state index < -0.39 is 0 Å². The van der Waals surface area contributed by atoms with Crippen LogP contribution in [0.4, 0.5) is 10.1 Å². The number of benzene rings is 1. The highest BCUT2D eigenvalue weighted by Crippen LogP contribution is 2.41. The lowest BCUT2D eigenvalue weighted by molar-refractivity contribution is 0.494. The molecular formula is C14H14BrFN2. The van der Waals surface area contributed by atoms with Gasteiger partial charge in [-0.2, -0.15) is 5.26 Å². The second kappa shape index (κ2) is 4.55. The molecule has 3 rings (SSSR count). The molecule has 1 aromatic carbocycles. The lowest BCUT2D eigenvalue weighted by Crippen LogP contribution is -2.22. The lowest BCUT2D eigenvalue weighted by atomic mass is 10.0. The van der Waals surface area contributed by atoms with Crippen molar-refractivity contribution in [2.75, 3.05) is 18.0 Å². The summed E-state index contributed by atoms with van der Waals surface area (Å²) in [5.41, 5.74) is 0.992. The van der Waals surface area contributed by atoms with E-state index in [9.17, 15) is 4.39 Å². The van der Waals surface area contributed by atoms with Crippen molar-refractivity contribution in [1.29, 1.82) is 5.26 Å². The SMILES string of the molecule is N#Cc1ccc(N2CC3CCCC3C2)c(F)c1Br. The van der Waals surface area contributed by atoms with Gasteiger partial charge in [0.1, 0.15) is 6.07 Å². The van der Waals surface area contributed by atoms with Gasteiger partial charge in [0, 0.05) is 13.1 Å². The van der Waals surface area contributed by atoms with Crippen molar-refractivity contribution >= 4 is 21.6 Å². The maximum atomic E-state index is 14.2. The van der Waals surface area contributed by atoms with Crippen LogP contribution in [0.3, 0.4) is 0 Å². The summed E-state index contributed by atoms with van der Waals surface area (Å²) in [5, 5.41) is 8.87. The molecule has 2 fully saturated rings. The number of hydrogen-bond donors (Lipinski definition) is 0. The zero-order valence-electron chi connectivity index (χ0n) is 10.00. The average molecular weight is 309 g/mol. The van der Waals surface area contributed by atoms with Gasteiger partial charge in [0.25, 0.3) is 0 Å². The lowest BCUT2D eigenvalue weighted by Gasteiger charge is -2.21. The maximum absolute atomic E-state index is 14.2. The average Bonchev–Trinajstić information content (AvgIpc) is 2.93. The van der Waals surface area contributed by atoms with Crippen molar-refractivity contribution in [3.05, 3.63) is 28.0 Å². The molecule has 0 N–H and O–H groups in total. The van der Waals surface area contributed by atoms with Crippen molar-refractivity contribution in [3.8, 4) is 6.07 Å². The van der Waals surface area contributed by atoms with E-state index in [1.807, 2.05) is 6.07 Å². The molecule has 0 bridgehead atoms. The molecule has 2 aliphatic rings. The summed E-state index contributed by atoms with van der Waals surface area (Å²) in [6, 6.07) is 5.42. The third kappa shape index (κ3) is 1.81. The van der Waals surface area contributed by atoms with Gasteiger partial charge in [0.15, 0.2) is 5.82 Å². The molecule has 1 heterocycles. The van der Waals surface area contributed by atoms with Crippen LogP contribution in [0.1, 0.15) is 24.8 Å². The zero-order chi connectivity index (χ0) is 12.7. The maximum Gasteiger partial charge on any atom is 0.161 e. The van der Waals surface area contributed by atoms with Gasteiger partial charge >= 0.3 is 0 Å². The Hall–Kier alpha value is -1.08. The Kier molecular flexibility index (Phi) is 3.03. The largest absolute Gasteiger partial charge is 0.369 e. The third-order valence-electron chi connectivity index (χ3n) is 4.25. The molecule has 2 unspecified atom stereocenters. The number of rotatable bonds is 1. The molecule has 94 valence electrons. The van der Waals surface area contributed by atoms with Crippen molar-refractivity contribution in [2.45, 2.75) is 19.3 Å². The smallest absolute Gasteiger partial charge is 0.161 e. The van der Waals surface area contributed by atoms with E-state index in [4.69, 9.17) is 5.26 Å². The van der Waals surface area contributed by atoms with E-state index in [2.05, 4.69) is 20.8 Å². The first-order valence-corrected chi connectivity index (χ1v) is 7.13. The van der Waals surface area contributed by atoms with E-state index in [-0.39, 0.29) is 5.82 Å². The summed E-state index contributed by atoms with van der Waals surface area (Å²) in [7, 11) is 0. The van der Waals surface area contributed by atoms with Crippen molar-refractivity contribution < 1.29 is 4.39 Å². The normalized spacial score (nSPS) is 26.2. The van der Waals surface area contributed by atoms with Gasteiger partial charge in [-0.1, -0.05) is 6.42 Å². The third-order valence-corrected chi connectivity index (χ3v) is 5.02. The van der Waals surface area contributed by atoms with E-state index in [0.29, 0.717) is 15.7 Å². The monoisotopic (exact) mass is 308 g/mol. The molecule has 0 spiro atoms. The van der Waals surface area contributed by atoms with Crippen LogP contribution in [0.25, 0.3) is 0 Å². The first-order valence-electron chi connectivity index (χ1n) is 6.33. The van der Waals surface area contributed by atoms with Crippen molar-refractivity contribution in [2.24, 2.45) is 11.8 Å². The number of nitrogens with zero attached hydrogens (tertiary/aromatic N) is 2. The Balaban J connectivity index is 1.90. The molecule has 0 radical (unpaired) electrons. The van der Waals surface area contributed by atoms with Gasteiger partial charge in [0.05, 0.1) is 15.7 Å². The van der Waals surface area contributed by atoms with Crippen LogP contribution in [0, 0.1) is 29.0 Å². The van der Waals surface area contributed by atoms with Crippen LogP contribution in [0.15, 0.2) is 16.6 Å². The molecule has 1 aromatic rings. The number of anilines is 1. The topological polar surface area (TPSA) is 27.0 Å². The summed E-state index contributed by atoms with van der Waals surface area (Å²) in [4.78, 5) is 2.13. The molecule has 1 aliphatic heterocycles. The van der Waals surface area contributed by atoms with Gasteiger partial charge in [-0.25, -0.2) is 4.39 Å². The van der Waals surface area contributed by atoms with Gasteiger partial charge in [0.2, 0.25) is 0 Å². The Morgan fingerprint density at radius 1 is 1.28 bits per heavy atom. The predicted molar refractivity (Wildman–Crippen MR) is 71.9 cm³/mol. The van der Waals surface area contributed by atoms with Crippen LogP contribution in [-0.4, -0.2) is 13.1 Å². The minimum absolute atomic E-state index is 0.291. The highest BCUT2D eigenvalue weighted by atomic mass is 79.9. The van der Waals surface area contributed by atoms with E-state index in [1.165, 1.54) is 19.3 Å². The quantitative estimate of drug-likeness (QED) is 0.791. The summed E-state index contributed by atoms with van der Waals surface area (Å²) in [6.07, 6.45) is 3.88.